The molecule has 0 unspecified atom stereocenters. The second-order valence-electron chi connectivity index (χ2n) is 1.50. The van der Waals surface area contributed by atoms with Gasteiger partial charge in [0.05, 0.1) is 0 Å². The number of halogens is 1. The molecule has 0 aromatic heterocycles. The molecule has 8 heavy (non-hydrogen) atoms. The van der Waals surface area contributed by atoms with Gasteiger partial charge in [0, 0.05) is 0 Å². The molecule has 0 aromatic rings. The van der Waals surface area contributed by atoms with Gasteiger partial charge in [-0.3, -0.25) is 0 Å². The average Bonchev–Trinajstić information content (AvgIpc) is 1.83. The largest absolute Gasteiger partial charge is 0.405 e. The van der Waals surface area contributed by atoms with Crippen LogP contribution in [0, 0.1) is 0 Å². The highest BCUT2D eigenvalue weighted by atomic mass is 19.1. The Balaban J connectivity index is 3.38. The molecule has 48 valence electrons. The molecule has 2 nitrogen and oxygen atoms in total. The lowest BCUT2D eigenvalue weighted by Gasteiger charge is -1.94. The van der Waals surface area contributed by atoms with Crippen LogP contribution in [0.25, 0.3) is 0 Å². The predicted molar refractivity (Wildman–Crippen MR) is 31.9 cm³/mol. The summed E-state index contributed by atoms with van der Waals surface area (Å²) < 4.78 is 11.6. The van der Waals surface area contributed by atoms with Gasteiger partial charge in [0.25, 0.3) is 0 Å². The Morgan fingerprint density at radius 1 is 1.62 bits per heavy atom. The standard InChI is InChI=1S/C5H11FN2/c6-3-5(4-8)1-2-7/h4H,1-3,7-8H2/b5-4-. The summed E-state index contributed by atoms with van der Waals surface area (Å²) in [5.41, 5.74) is 10.7. The summed E-state index contributed by atoms with van der Waals surface area (Å²) >= 11 is 0. The molecular formula is C5H11FN2. The zero-order chi connectivity index (χ0) is 6.41. The van der Waals surface area contributed by atoms with E-state index in [2.05, 4.69) is 0 Å². The summed E-state index contributed by atoms with van der Waals surface area (Å²) in [7, 11) is 0. The fourth-order valence-corrected chi connectivity index (χ4v) is 0.380. The highest BCUT2D eigenvalue weighted by molar-refractivity contribution is 4.99. The van der Waals surface area contributed by atoms with Gasteiger partial charge in [-0.25, -0.2) is 4.39 Å². The van der Waals surface area contributed by atoms with E-state index in [9.17, 15) is 4.39 Å². The smallest absolute Gasteiger partial charge is 0.112 e. The SMILES string of the molecule is N/C=C(\CF)CCN. The third-order valence-corrected chi connectivity index (χ3v) is 0.873. The maximum Gasteiger partial charge on any atom is 0.112 e. The Morgan fingerprint density at radius 3 is 2.38 bits per heavy atom. The van der Waals surface area contributed by atoms with Crippen molar-refractivity contribution in [2.45, 2.75) is 6.42 Å². The lowest BCUT2D eigenvalue weighted by Crippen LogP contribution is -2.02. The molecule has 0 fully saturated rings. The van der Waals surface area contributed by atoms with Gasteiger partial charge in [-0.1, -0.05) is 0 Å². The minimum atomic E-state index is -0.478. The number of hydrogen-bond acceptors (Lipinski definition) is 2. The van der Waals surface area contributed by atoms with Crippen molar-refractivity contribution in [3.05, 3.63) is 11.8 Å². The van der Waals surface area contributed by atoms with Crippen molar-refractivity contribution in [2.75, 3.05) is 13.2 Å². The molecule has 0 heterocycles. The molecule has 0 radical (unpaired) electrons. The maximum absolute atomic E-state index is 11.6. The topological polar surface area (TPSA) is 52.0 Å². The van der Waals surface area contributed by atoms with Crippen LogP contribution in [0.15, 0.2) is 11.8 Å². The first-order valence-electron chi connectivity index (χ1n) is 2.50. The molecule has 0 rings (SSSR count). The summed E-state index contributed by atoms with van der Waals surface area (Å²) in [5, 5.41) is 0. The minimum Gasteiger partial charge on any atom is -0.405 e. The Morgan fingerprint density at radius 2 is 2.25 bits per heavy atom. The lowest BCUT2D eigenvalue weighted by molar-refractivity contribution is 0.531. The summed E-state index contributed by atoms with van der Waals surface area (Å²) in [4.78, 5) is 0. The quantitative estimate of drug-likeness (QED) is 0.554. The van der Waals surface area contributed by atoms with E-state index in [4.69, 9.17) is 11.5 Å². The molecule has 0 saturated heterocycles. The fraction of sp³-hybridized carbons (Fsp3) is 0.600. The molecule has 0 aliphatic rings. The zero-order valence-electron chi connectivity index (χ0n) is 4.73. The second-order valence-corrected chi connectivity index (χ2v) is 1.50. The van der Waals surface area contributed by atoms with Crippen LogP contribution >= 0.6 is 0 Å². The van der Waals surface area contributed by atoms with Gasteiger partial charge in [-0.15, -0.1) is 0 Å². The number of hydrogen-bond donors (Lipinski definition) is 2. The van der Waals surface area contributed by atoms with E-state index >= 15 is 0 Å². The molecule has 4 N–H and O–H groups in total. The lowest BCUT2D eigenvalue weighted by atomic mass is 10.2. The highest BCUT2D eigenvalue weighted by Gasteiger charge is 1.90. The second kappa shape index (κ2) is 4.59. The van der Waals surface area contributed by atoms with Gasteiger partial charge in [-0.05, 0) is 24.7 Å². The Hall–Kier alpha value is -0.570. The van der Waals surface area contributed by atoms with Gasteiger partial charge in [0.1, 0.15) is 6.67 Å². The zero-order valence-corrected chi connectivity index (χ0v) is 4.73. The third-order valence-electron chi connectivity index (χ3n) is 0.873. The number of alkyl halides is 1. The first-order valence-corrected chi connectivity index (χ1v) is 2.50. The molecule has 0 spiro atoms. The predicted octanol–water partition coefficient (Wildman–Crippen LogP) is 0.147. The first kappa shape index (κ1) is 7.43. The van der Waals surface area contributed by atoms with Crippen LogP contribution in [-0.4, -0.2) is 13.2 Å². The van der Waals surface area contributed by atoms with Crippen molar-refractivity contribution >= 4 is 0 Å². The van der Waals surface area contributed by atoms with Crippen molar-refractivity contribution in [2.24, 2.45) is 11.5 Å². The number of rotatable bonds is 3. The summed E-state index contributed by atoms with van der Waals surface area (Å²) in [6, 6.07) is 0. The molecule has 0 atom stereocenters. The monoisotopic (exact) mass is 118 g/mol. The van der Waals surface area contributed by atoms with Gasteiger partial charge in [-0.2, -0.15) is 0 Å². The molecule has 0 aliphatic heterocycles. The van der Waals surface area contributed by atoms with Crippen LogP contribution in [0.4, 0.5) is 4.39 Å². The normalized spacial score (nSPS) is 12.0. The molecule has 0 amide bonds. The van der Waals surface area contributed by atoms with E-state index in [1.54, 1.807) is 0 Å². The Labute approximate surface area is 48.4 Å². The van der Waals surface area contributed by atoms with Gasteiger partial charge in [0.2, 0.25) is 0 Å². The van der Waals surface area contributed by atoms with Crippen LogP contribution in [0.2, 0.25) is 0 Å². The van der Waals surface area contributed by atoms with Crippen molar-refractivity contribution < 1.29 is 4.39 Å². The summed E-state index contributed by atoms with van der Waals surface area (Å²) in [5.74, 6) is 0. The third kappa shape index (κ3) is 2.58. The van der Waals surface area contributed by atoms with Gasteiger partial charge in [0.15, 0.2) is 0 Å². The number of nitrogens with two attached hydrogens (primary N) is 2. The minimum absolute atomic E-state index is 0.465. The maximum atomic E-state index is 11.6. The Bertz CT molecular complexity index is 80.5. The molecular weight excluding hydrogens is 107 g/mol. The first-order chi connectivity index (χ1) is 3.85. The van der Waals surface area contributed by atoms with E-state index in [1.807, 2.05) is 0 Å². The van der Waals surface area contributed by atoms with E-state index in [1.165, 1.54) is 6.20 Å². The van der Waals surface area contributed by atoms with Crippen LogP contribution in [0.1, 0.15) is 6.42 Å². The van der Waals surface area contributed by atoms with Crippen molar-refractivity contribution in [1.29, 1.82) is 0 Å². The van der Waals surface area contributed by atoms with E-state index in [0.29, 0.717) is 18.5 Å². The average molecular weight is 118 g/mol. The van der Waals surface area contributed by atoms with Crippen LogP contribution in [-0.2, 0) is 0 Å². The summed E-state index contributed by atoms with van der Waals surface area (Å²) in [6.07, 6.45) is 1.83. The molecule has 0 saturated carbocycles. The van der Waals surface area contributed by atoms with E-state index < -0.39 is 6.67 Å². The van der Waals surface area contributed by atoms with Gasteiger partial charge < -0.3 is 11.5 Å². The molecule has 0 aromatic carbocycles. The van der Waals surface area contributed by atoms with Crippen molar-refractivity contribution in [3.63, 3.8) is 0 Å². The van der Waals surface area contributed by atoms with Gasteiger partial charge >= 0.3 is 0 Å². The van der Waals surface area contributed by atoms with Crippen molar-refractivity contribution in [1.82, 2.24) is 0 Å². The highest BCUT2D eigenvalue weighted by Crippen LogP contribution is 1.96. The molecule has 0 bridgehead atoms. The van der Waals surface area contributed by atoms with Crippen LogP contribution < -0.4 is 11.5 Å². The van der Waals surface area contributed by atoms with E-state index in [-0.39, 0.29) is 0 Å². The van der Waals surface area contributed by atoms with Crippen molar-refractivity contribution in [3.8, 4) is 0 Å². The molecule has 3 heteroatoms. The van der Waals surface area contributed by atoms with Crippen LogP contribution in [0.5, 0.6) is 0 Å². The Kier molecular flexibility index (Phi) is 4.26. The molecule has 0 aliphatic carbocycles. The van der Waals surface area contributed by atoms with E-state index in [0.717, 1.165) is 0 Å². The fourth-order valence-electron chi connectivity index (χ4n) is 0.380. The summed E-state index contributed by atoms with van der Waals surface area (Å²) in [6.45, 7) is -0.0132. The van der Waals surface area contributed by atoms with Crippen LogP contribution in [0.3, 0.4) is 0 Å².